The van der Waals surface area contributed by atoms with E-state index in [0.29, 0.717) is 30.6 Å². The predicted molar refractivity (Wildman–Crippen MR) is 140 cm³/mol. The van der Waals surface area contributed by atoms with E-state index in [2.05, 4.69) is 40.9 Å². The number of pyridine rings is 1. The summed E-state index contributed by atoms with van der Waals surface area (Å²) in [6.07, 6.45) is 8.19. The standard InChI is InChI=1S/C27H42N4O4S/c1-18(2)23-10-8-19(3)12-27(33)31-16-20-13-21(24(31)6-5-7-26(32)29-23)17-30(15-20)25-11-9-22(14-28-25)36(4,34)35/h9,11,14,18-21,23-24H,5-8,10,12-13,15-17H2,1-4H3,(H,29,32)/t19-,20+,21-,23+,24+/m1/s1. The number of aromatic nitrogens is 1. The number of nitrogens with zero attached hydrogens (tertiary/aromatic N) is 3. The summed E-state index contributed by atoms with van der Waals surface area (Å²) in [5, 5.41) is 3.25. The number of sulfone groups is 1. The van der Waals surface area contributed by atoms with E-state index >= 15 is 0 Å². The first kappa shape index (κ1) is 26.9. The van der Waals surface area contributed by atoms with Gasteiger partial charge >= 0.3 is 0 Å². The molecule has 4 rings (SSSR count). The fourth-order valence-electron chi connectivity index (χ4n) is 6.27. The van der Waals surface area contributed by atoms with Gasteiger partial charge in [-0.3, -0.25) is 9.59 Å². The van der Waals surface area contributed by atoms with Gasteiger partial charge in [0.1, 0.15) is 5.82 Å². The molecule has 36 heavy (non-hydrogen) atoms. The zero-order valence-corrected chi connectivity index (χ0v) is 23.0. The van der Waals surface area contributed by atoms with E-state index in [1.165, 1.54) is 12.5 Å². The molecule has 0 saturated carbocycles. The van der Waals surface area contributed by atoms with Crippen molar-refractivity contribution in [3.63, 3.8) is 0 Å². The molecule has 0 radical (unpaired) electrons. The van der Waals surface area contributed by atoms with Crippen molar-refractivity contribution in [2.75, 3.05) is 30.8 Å². The first-order valence-electron chi connectivity index (χ1n) is 13.5. The lowest BCUT2D eigenvalue weighted by atomic mass is 9.77. The summed E-state index contributed by atoms with van der Waals surface area (Å²) < 4.78 is 23.7. The molecule has 1 aromatic rings. The molecule has 4 heterocycles. The van der Waals surface area contributed by atoms with Gasteiger partial charge in [-0.1, -0.05) is 20.8 Å². The third-order valence-corrected chi connectivity index (χ3v) is 9.41. The van der Waals surface area contributed by atoms with Crippen LogP contribution in [0.4, 0.5) is 5.82 Å². The smallest absolute Gasteiger partial charge is 0.223 e. The second kappa shape index (κ2) is 11.1. The second-order valence-electron chi connectivity index (χ2n) is 11.7. The Hall–Kier alpha value is -2.16. The van der Waals surface area contributed by atoms with Crippen LogP contribution >= 0.6 is 0 Å². The van der Waals surface area contributed by atoms with Gasteiger partial charge in [0.05, 0.1) is 4.90 Å². The molecule has 3 fully saturated rings. The maximum atomic E-state index is 13.5. The van der Waals surface area contributed by atoms with Crippen molar-refractivity contribution in [3.05, 3.63) is 18.3 Å². The maximum absolute atomic E-state index is 13.5. The van der Waals surface area contributed by atoms with Gasteiger partial charge in [-0.15, -0.1) is 0 Å². The molecular formula is C27H42N4O4S. The lowest BCUT2D eigenvalue weighted by Crippen LogP contribution is -2.59. The normalized spacial score (nSPS) is 30.6. The average Bonchev–Trinajstić information content (AvgIpc) is 2.82. The van der Waals surface area contributed by atoms with Gasteiger partial charge in [0.15, 0.2) is 9.84 Å². The topological polar surface area (TPSA) is 99.7 Å². The molecule has 1 aromatic heterocycles. The third-order valence-electron chi connectivity index (χ3n) is 8.31. The molecule has 9 heteroatoms. The fraction of sp³-hybridized carbons (Fsp3) is 0.741. The number of nitrogens with one attached hydrogen (secondary N) is 1. The van der Waals surface area contributed by atoms with Crippen LogP contribution in [0.1, 0.15) is 65.7 Å². The van der Waals surface area contributed by atoms with Gasteiger partial charge in [-0.05, 0) is 67.9 Å². The first-order valence-corrected chi connectivity index (χ1v) is 15.4. The van der Waals surface area contributed by atoms with Crippen LogP contribution in [0.25, 0.3) is 0 Å². The summed E-state index contributed by atoms with van der Waals surface area (Å²) in [4.78, 5) is 35.3. The van der Waals surface area contributed by atoms with E-state index in [9.17, 15) is 18.0 Å². The minimum absolute atomic E-state index is 0.118. The molecular weight excluding hydrogens is 476 g/mol. The highest BCUT2D eigenvalue weighted by Gasteiger charge is 2.43. The van der Waals surface area contributed by atoms with E-state index in [4.69, 9.17) is 0 Å². The molecule has 3 aliphatic heterocycles. The molecule has 2 amide bonds. The van der Waals surface area contributed by atoms with Crippen LogP contribution in [0.5, 0.6) is 0 Å². The van der Waals surface area contributed by atoms with Crippen molar-refractivity contribution in [2.45, 2.75) is 82.7 Å². The van der Waals surface area contributed by atoms with Crippen LogP contribution in [0.2, 0.25) is 0 Å². The molecule has 0 spiro atoms. The SMILES string of the molecule is CC(C)[C@@H]1CC[C@@H](C)CC(=O)N2C[C@H]3C[C@H](CN(c4ccc(S(C)(=O)=O)cn4)C3)[C@@H]2CCCC(=O)N1. The molecule has 0 aromatic carbocycles. The lowest BCUT2D eigenvalue weighted by Gasteiger charge is -2.51. The third kappa shape index (κ3) is 6.39. The molecule has 8 nitrogen and oxygen atoms in total. The predicted octanol–water partition coefficient (Wildman–Crippen LogP) is 3.27. The Kier molecular flexibility index (Phi) is 8.27. The maximum Gasteiger partial charge on any atom is 0.223 e. The Morgan fingerprint density at radius 1 is 1.08 bits per heavy atom. The molecule has 0 aliphatic carbocycles. The molecule has 3 saturated heterocycles. The summed E-state index contributed by atoms with van der Waals surface area (Å²) in [6.45, 7) is 8.79. The van der Waals surface area contributed by atoms with Crippen LogP contribution in [0, 0.1) is 23.7 Å². The second-order valence-corrected chi connectivity index (χ2v) is 13.7. The van der Waals surface area contributed by atoms with Crippen molar-refractivity contribution in [1.82, 2.24) is 15.2 Å². The molecule has 1 N–H and O–H groups in total. The van der Waals surface area contributed by atoms with Gasteiger partial charge in [0.2, 0.25) is 11.8 Å². The number of piperidine rings is 2. The van der Waals surface area contributed by atoms with Gasteiger partial charge in [0, 0.05) is 57.0 Å². The van der Waals surface area contributed by atoms with E-state index < -0.39 is 9.84 Å². The van der Waals surface area contributed by atoms with Crippen LogP contribution < -0.4 is 10.2 Å². The van der Waals surface area contributed by atoms with Gasteiger partial charge in [0.25, 0.3) is 0 Å². The van der Waals surface area contributed by atoms with E-state index in [-0.39, 0.29) is 34.7 Å². The number of anilines is 1. The highest BCUT2D eigenvalue weighted by molar-refractivity contribution is 7.90. The Morgan fingerprint density at radius 2 is 1.86 bits per heavy atom. The summed E-state index contributed by atoms with van der Waals surface area (Å²) in [6, 6.07) is 3.70. The average molecular weight is 519 g/mol. The van der Waals surface area contributed by atoms with E-state index in [1.54, 1.807) is 12.1 Å². The molecule has 3 aliphatic rings. The number of amides is 2. The van der Waals surface area contributed by atoms with E-state index in [1.807, 2.05) is 0 Å². The Labute approximate surface area is 216 Å². The Morgan fingerprint density at radius 3 is 2.53 bits per heavy atom. The van der Waals surface area contributed by atoms with Crippen molar-refractivity contribution >= 4 is 27.5 Å². The Balaban J connectivity index is 1.51. The quantitative estimate of drug-likeness (QED) is 0.659. The summed E-state index contributed by atoms with van der Waals surface area (Å²) >= 11 is 0. The van der Waals surface area contributed by atoms with Crippen LogP contribution in [0.3, 0.4) is 0 Å². The largest absolute Gasteiger partial charge is 0.356 e. The number of carbonyl (C=O) groups excluding carboxylic acids is 2. The molecule has 0 unspecified atom stereocenters. The van der Waals surface area contributed by atoms with Crippen LogP contribution in [-0.4, -0.2) is 68.1 Å². The minimum Gasteiger partial charge on any atom is -0.356 e. The van der Waals surface area contributed by atoms with Gasteiger partial charge in [-0.25, -0.2) is 13.4 Å². The van der Waals surface area contributed by atoms with Crippen molar-refractivity contribution in [2.24, 2.45) is 23.7 Å². The number of carbonyl (C=O) groups is 2. The summed E-state index contributed by atoms with van der Waals surface area (Å²) in [7, 11) is -3.28. The number of fused-ring (bicyclic) bond motifs is 4. The van der Waals surface area contributed by atoms with Crippen LogP contribution in [-0.2, 0) is 19.4 Å². The lowest BCUT2D eigenvalue weighted by molar-refractivity contribution is -0.139. The number of hydrogen-bond acceptors (Lipinski definition) is 6. The minimum atomic E-state index is -3.28. The van der Waals surface area contributed by atoms with Crippen molar-refractivity contribution in [1.29, 1.82) is 0 Å². The van der Waals surface area contributed by atoms with Gasteiger partial charge < -0.3 is 15.1 Å². The van der Waals surface area contributed by atoms with Crippen LogP contribution in [0.15, 0.2) is 23.2 Å². The van der Waals surface area contributed by atoms with Crippen molar-refractivity contribution in [3.8, 4) is 0 Å². The monoisotopic (exact) mass is 518 g/mol. The summed E-state index contributed by atoms with van der Waals surface area (Å²) in [5.41, 5.74) is 0. The van der Waals surface area contributed by atoms with Crippen molar-refractivity contribution < 1.29 is 18.0 Å². The molecule has 5 atom stereocenters. The zero-order valence-electron chi connectivity index (χ0n) is 22.2. The number of hydrogen-bond donors (Lipinski definition) is 1. The van der Waals surface area contributed by atoms with Gasteiger partial charge in [-0.2, -0.15) is 0 Å². The highest BCUT2D eigenvalue weighted by Crippen LogP contribution is 2.37. The highest BCUT2D eigenvalue weighted by atomic mass is 32.2. The first-order chi connectivity index (χ1) is 17.0. The molecule has 2 bridgehead atoms. The zero-order chi connectivity index (χ0) is 26.0. The Bertz CT molecular complexity index is 1040. The van der Waals surface area contributed by atoms with E-state index in [0.717, 1.165) is 57.6 Å². The molecule has 200 valence electrons. The number of rotatable bonds is 3. The fourth-order valence-corrected chi connectivity index (χ4v) is 6.83. The summed E-state index contributed by atoms with van der Waals surface area (Å²) in [5.74, 6) is 2.49.